The fourth-order valence-corrected chi connectivity index (χ4v) is 2.78. The van der Waals surface area contributed by atoms with E-state index >= 15 is 0 Å². The van der Waals surface area contributed by atoms with Crippen molar-refractivity contribution in [1.82, 2.24) is 0 Å². The molecule has 0 aliphatic rings. The maximum atomic E-state index is 13.2. The topological polar surface area (TPSA) is 26.0 Å². The van der Waals surface area contributed by atoms with Gasteiger partial charge in [-0.2, -0.15) is 13.2 Å². The molecular formula is C15H22F3NS. The molecule has 0 aliphatic heterocycles. The van der Waals surface area contributed by atoms with E-state index in [1.807, 2.05) is 20.8 Å². The quantitative estimate of drug-likeness (QED) is 0.758. The second-order valence-electron chi connectivity index (χ2n) is 5.03. The Bertz CT molecular complexity index is 432. The molecule has 1 nitrogen and oxygen atoms in total. The molecule has 1 aromatic rings. The lowest BCUT2D eigenvalue weighted by molar-refractivity contribution is -0.138. The Morgan fingerprint density at radius 3 is 2.35 bits per heavy atom. The smallest absolute Gasteiger partial charge is 0.327 e. The molecule has 0 saturated heterocycles. The monoisotopic (exact) mass is 305 g/mol. The van der Waals surface area contributed by atoms with Gasteiger partial charge in [0.2, 0.25) is 0 Å². The maximum absolute atomic E-state index is 13.2. The first-order chi connectivity index (χ1) is 9.27. The van der Waals surface area contributed by atoms with Crippen LogP contribution in [-0.4, -0.2) is 11.3 Å². The van der Waals surface area contributed by atoms with Crippen molar-refractivity contribution in [3.63, 3.8) is 0 Å². The first kappa shape index (κ1) is 17.4. The predicted molar refractivity (Wildman–Crippen MR) is 79.0 cm³/mol. The predicted octanol–water partition coefficient (Wildman–Crippen LogP) is 4.88. The molecule has 0 spiro atoms. The van der Waals surface area contributed by atoms with E-state index in [0.717, 1.165) is 6.42 Å². The standard InChI is InChI=1S/C15H22F3NS/c1-4-10(3)20-13-7-6-11(8-12(19)5-2)14(9-13)15(16,17)18/h6-7,9-10,12H,4-5,8,19H2,1-3H3. The van der Waals surface area contributed by atoms with Crippen LogP contribution in [0, 0.1) is 0 Å². The van der Waals surface area contributed by atoms with Crippen molar-refractivity contribution < 1.29 is 13.2 Å². The highest BCUT2D eigenvalue weighted by molar-refractivity contribution is 7.99. The lowest BCUT2D eigenvalue weighted by Gasteiger charge is -2.17. The fraction of sp³-hybridized carbons (Fsp3) is 0.600. The molecule has 20 heavy (non-hydrogen) atoms. The van der Waals surface area contributed by atoms with Gasteiger partial charge < -0.3 is 5.73 Å². The first-order valence-electron chi connectivity index (χ1n) is 6.90. The molecule has 0 aromatic heterocycles. The lowest BCUT2D eigenvalue weighted by atomic mass is 9.99. The van der Waals surface area contributed by atoms with Gasteiger partial charge in [-0.15, -0.1) is 11.8 Å². The van der Waals surface area contributed by atoms with Crippen LogP contribution < -0.4 is 5.73 Å². The molecule has 2 unspecified atom stereocenters. The van der Waals surface area contributed by atoms with Crippen LogP contribution in [-0.2, 0) is 12.6 Å². The van der Waals surface area contributed by atoms with Crippen molar-refractivity contribution in [3.8, 4) is 0 Å². The number of rotatable bonds is 6. The van der Waals surface area contributed by atoms with Crippen molar-refractivity contribution in [2.75, 3.05) is 0 Å². The van der Waals surface area contributed by atoms with Crippen LogP contribution in [0.15, 0.2) is 23.1 Å². The highest BCUT2D eigenvalue weighted by Crippen LogP contribution is 2.36. The summed E-state index contributed by atoms with van der Waals surface area (Å²) < 4.78 is 39.5. The fourth-order valence-electron chi connectivity index (χ4n) is 1.81. The van der Waals surface area contributed by atoms with Gasteiger partial charge in [-0.1, -0.05) is 26.8 Å². The Kier molecular flexibility index (Phi) is 6.40. The molecule has 2 N–H and O–H groups in total. The summed E-state index contributed by atoms with van der Waals surface area (Å²) in [4.78, 5) is 0.667. The van der Waals surface area contributed by atoms with E-state index in [1.54, 1.807) is 12.1 Å². The van der Waals surface area contributed by atoms with Crippen LogP contribution >= 0.6 is 11.8 Å². The number of hydrogen-bond donors (Lipinski definition) is 1. The van der Waals surface area contributed by atoms with Gasteiger partial charge in [-0.05, 0) is 37.0 Å². The van der Waals surface area contributed by atoms with Gasteiger partial charge in [-0.3, -0.25) is 0 Å². The van der Waals surface area contributed by atoms with Gasteiger partial charge >= 0.3 is 6.18 Å². The van der Waals surface area contributed by atoms with Gasteiger partial charge in [0.1, 0.15) is 0 Å². The molecule has 2 atom stereocenters. The minimum Gasteiger partial charge on any atom is -0.327 e. The van der Waals surface area contributed by atoms with Gasteiger partial charge in [0.05, 0.1) is 5.56 Å². The molecule has 1 aromatic carbocycles. The van der Waals surface area contributed by atoms with E-state index in [9.17, 15) is 13.2 Å². The third-order valence-electron chi connectivity index (χ3n) is 3.31. The Morgan fingerprint density at radius 1 is 1.20 bits per heavy atom. The minimum atomic E-state index is -4.32. The molecule has 1 rings (SSSR count). The molecule has 0 radical (unpaired) electrons. The SMILES string of the molecule is CCC(N)Cc1ccc(SC(C)CC)cc1C(F)(F)F. The van der Waals surface area contributed by atoms with E-state index in [-0.39, 0.29) is 12.5 Å². The molecular weight excluding hydrogens is 283 g/mol. The van der Waals surface area contributed by atoms with Crippen LogP contribution in [0.4, 0.5) is 13.2 Å². The number of benzene rings is 1. The van der Waals surface area contributed by atoms with E-state index < -0.39 is 11.7 Å². The zero-order valence-electron chi connectivity index (χ0n) is 12.1. The van der Waals surface area contributed by atoms with Crippen molar-refractivity contribution in [1.29, 1.82) is 0 Å². The summed E-state index contributed by atoms with van der Waals surface area (Å²) >= 11 is 1.48. The summed E-state index contributed by atoms with van der Waals surface area (Å²) in [5, 5.41) is 0.305. The number of hydrogen-bond acceptors (Lipinski definition) is 2. The molecule has 0 bridgehead atoms. The maximum Gasteiger partial charge on any atom is 0.416 e. The van der Waals surface area contributed by atoms with Crippen LogP contribution in [0.3, 0.4) is 0 Å². The number of thioether (sulfide) groups is 1. The third kappa shape index (κ3) is 5.02. The van der Waals surface area contributed by atoms with E-state index in [0.29, 0.717) is 22.1 Å². The number of alkyl halides is 3. The van der Waals surface area contributed by atoms with Crippen LogP contribution in [0.2, 0.25) is 0 Å². The van der Waals surface area contributed by atoms with Gasteiger partial charge in [-0.25, -0.2) is 0 Å². The molecule has 0 heterocycles. The Labute approximate surface area is 123 Å². The first-order valence-corrected chi connectivity index (χ1v) is 7.78. The van der Waals surface area contributed by atoms with E-state index in [1.165, 1.54) is 17.8 Å². The summed E-state index contributed by atoms with van der Waals surface area (Å²) in [6.45, 7) is 5.92. The van der Waals surface area contributed by atoms with Gasteiger partial charge in [0, 0.05) is 16.2 Å². The average molecular weight is 305 g/mol. The summed E-state index contributed by atoms with van der Waals surface area (Å²) in [7, 11) is 0. The molecule has 114 valence electrons. The normalized spacial score (nSPS) is 15.2. The van der Waals surface area contributed by atoms with Crippen LogP contribution in [0.1, 0.15) is 44.7 Å². The van der Waals surface area contributed by atoms with Gasteiger partial charge in [0.25, 0.3) is 0 Å². The summed E-state index contributed by atoms with van der Waals surface area (Å²) in [5.41, 5.74) is 5.53. The summed E-state index contributed by atoms with van der Waals surface area (Å²) in [5.74, 6) is 0. The highest BCUT2D eigenvalue weighted by Gasteiger charge is 2.33. The van der Waals surface area contributed by atoms with E-state index in [4.69, 9.17) is 5.73 Å². The van der Waals surface area contributed by atoms with Crippen molar-refractivity contribution in [2.45, 2.75) is 62.4 Å². The zero-order valence-corrected chi connectivity index (χ0v) is 12.9. The number of nitrogens with two attached hydrogens (primary N) is 1. The lowest BCUT2D eigenvalue weighted by Crippen LogP contribution is -2.23. The zero-order chi connectivity index (χ0) is 15.3. The minimum absolute atomic E-state index is 0.232. The number of halogens is 3. The summed E-state index contributed by atoms with van der Waals surface area (Å²) in [6.07, 6.45) is -2.47. The molecule has 0 fully saturated rings. The van der Waals surface area contributed by atoms with Gasteiger partial charge in [0.15, 0.2) is 0 Å². The Balaban J connectivity index is 3.07. The molecule has 0 amide bonds. The van der Waals surface area contributed by atoms with E-state index in [2.05, 4.69) is 0 Å². The second-order valence-corrected chi connectivity index (χ2v) is 6.54. The second kappa shape index (κ2) is 7.36. The summed E-state index contributed by atoms with van der Waals surface area (Å²) in [6, 6.07) is 4.37. The molecule has 0 saturated carbocycles. The van der Waals surface area contributed by atoms with Crippen LogP contribution in [0.5, 0.6) is 0 Å². The molecule has 5 heteroatoms. The largest absolute Gasteiger partial charge is 0.416 e. The average Bonchev–Trinajstić information content (AvgIpc) is 2.38. The van der Waals surface area contributed by atoms with Crippen molar-refractivity contribution in [3.05, 3.63) is 29.3 Å². The molecule has 0 aliphatic carbocycles. The Hall–Kier alpha value is -0.680. The van der Waals surface area contributed by atoms with Crippen molar-refractivity contribution in [2.24, 2.45) is 5.73 Å². The van der Waals surface area contributed by atoms with Crippen molar-refractivity contribution >= 4 is 11.8 Å². The van der Waals surface area contributed by atoms with Crippen LogP contribution in [0.25, 0.3) is 0 Å². The third-order valence-corrected chi connectivity index (χ3v) is 4.57. The highest BCUT2D eigenvalue weighted by atomic mass is 32.2. The Morgan fingerprint density at radius 2 is 1.85 bits per heavy atom.